The van der Waals surface area contributed by atoms with Gasteiger partial charge in [0.15, 0.2) is 0 Å². The standard InChI is InChI=1S/C11H20O3/c1-7(2)6-8-4-3-5-9(12)10(8)11(13)14/h7-10,12H,3-6H2,1-2H3,(H,13,14). The van der Waals surface area contributed by atoms with Crippen LogP contribution in [0, 0.1) is 17.8 Å². The van der Waals surface area contributed by atoms with Crippen LogP contribution in [0.4, 0.5) is 0 Å². The first-order valence-electron chi connectivity index (χ1n) is 5.43. The number of carboxylic acid groups (broad SMARTS) is 1. The van der Waals surface area contributed by atoms with Gasteiger partial charge in [0.1, 0.15) is 0 Å². The van der Waals surface area contributed by atoms with E-state index in [9.17, 15) is 9.90 Å². The lowest BCUT2D eigenvalue weighted by Gasteiger charge is -2.33. The zero-order valence-corrected chi connectivity index (χ0v) is 8.94. The Hall–Kier alpha value is -0.570. The summed E-state index contributed by atoms with van der Waals surface area (Å²) in [5, 5.41) is 18.7. The summed E-state index contributed by atoms with van der Waals surface area (Å²) in [7, 11) is 0. The summed E-state index contributed by atoms with van der Waals surface area (Å²) < 4.78 is 0. The van der Waals surface area contributed by atoms with Crippen molar-refractivity contribution in [3.05, 3.63) is 0 Å². The molecule has 0 heterocycles. The molecule has 0 bridgehead atoms. The quantitative estimate of drug-likeness (QED) is 0.731. The van der Waals surface area contributed by atoms with Crippen molar-refractivity contribution in [3.8, 4) is 0 Å². The van der Waals surface area contributed by atoms with Gasteiger partial charge in [-0.15, -0.1) is 0 Å². The molecule has 0 amide bonds. The van der Waals surface area contributed by atoms with E-state index in [0.717, 1.165) is 19.3 Å². The molecule has 1 rings (SSSR count). The van der Waals surface area contributed by atoms with Crippen molar-refractivity contribution in [3.63, 3.8) is 0 Å². The van der Waals surface area contributed by atoms with Crippen LogP contribution >= 0.6 is 0 Å². The SMILES string of the molecule is CC(C)CC1CCCC(O)C1C(=O)O. The minimum Gasteiger partial charge on any atom is -0.481 e. The monoisotopic (exact) mass is 200 g/mol. The van der Waals surface area contributed by atoms with Gasteiger partial charge in [-0.25, -0.2) is 0 Å². The molecule has 0 spiro atoms. The zero-order valence-electron chi connectivity index (χ0n) is 8.94. The highest BCUT2D eigenvalue weighted by Gasteiger charge is 2.37. The molecule has 0 aliphatic heterocycles. The normalized spacial score (nSPS) is 33.3. The second-order valence-electron chi connectivity index (χ2n) is 4.75. The van der Waals surface area contributed by atoms with Crippen LogP contribution in [0.5, 0.6) is 0 Å². The maximum Gasteiger partial charge on any atom is 0.309 e. The van der Waals surface area contributed by atoms with Gasteiger partial charge in [0.2, 0.25) is 0 Å². The average molecular weight is 200 g/mol. The molecule has 82 valence electrons. The average Bonchev–Trinajstić information content (AvgIpc) is 2.01. The molecule has 0 radical (unpaired) electrons. The van der Waals surface area contributed by atoms with Gasteiger partial charge in [0.05, 0.1) is 12.0 Å². The number of hydrogen-bond acceptors (Lipinski definition) is 2. The Morgan fingerprint density at radius 1 is 1.43 bits per heavy atom. The maximum absolute atomic E-state index is 11.0. The lowest BCUT2D eigenvalue weighted by molar-refractivity contribution is -0.151. The van der Waals surface area contributed by atoms with E-state index in [4.69, 9.17) is 5.11 Å². The number of aliphatic hydroxyl groups is 1. The molecule has 1 saturated carbocycles. The highest BCUT2D eigenvalue weighted by molar-refractivity contribution is 5.71. The zero-order chi connectivity index (χ0) is 10.7. The van der Waals surface area contributed by atoms with Gasteiger partial charge in [-0.1, -0.05) is 20.3 Å². The molecule has 0 saturated heterocycles. The third-order valence-corrected chi connectivity index (χ3v) is 3.06. The molecule has 14 heavy (non-hydrogen) atoms. The largest absolute Gasteiger partial charge is 0.481 e. The van der Waals surface area contributed by atoms with E-state index in [-0.39, 0.29) is 5.92 Å². The predicted molar refractivity (Wildman–Crippen MR) is 53.9 cm³/mol. The van der Waals surface area contributed by atoms with Crippen LogP contribution in [0.15, 0.2) is 0 Å². The van der Waals surface area contributed by atoms with Crippen molar-refractivity contribution in [2.45, 2.75) is 45.6 Å². The van der Waals surface area contributed by atoms with Crippen LogP contribution in [0.25, 0.3) is 0 Å². The highest BCUT2D eigenvalue weighted by Crippen LogP contribution is 2.34. The van der Waals surface area contributed by atoms with Crippen LogP contribution in [-0.4, -0.2) is 22.3 Å². The fraction of sp³-hybridized carbons (Fsp3) is 0.909. The van der Waals surface area contributed by atoms with Gasteiger partial charge >= 0.3 is 5.97 Å². The Morgan fingerprint density at radius 2 is 2.07 bits per heavy atom. The first-order chi connectivity index (χ1) is 6.52. The van der Waals surface area contributed by atoms with E-state index in [1.807, 2.05) is 0 Å². The molecule has 3 atom stereocenters. The number of carbonyl (C=O) groups is 1. The summed E-state index contributed by atoms with van der Waals surface area (Å²) in [6.45, 7) is 4.19. The molecule has 2 N–H and O–H groups in total. The van der Waals surface area contributed by atoms with Gasteiger partial charge in [-0.2, -0.15) is 0 Å². The van der Waals surface area contributed by atoms with Crippen LogP contribution in [0.1, 0.15) is 39.5 Å². The molecule has 0 aromatic rings. The lowest BCUT2D eigenvalue weighted by atomic mass is 9.74. The number of carboxylic acids is 1. The topological polar surface area (TPSA) is 57.5 Å². The first kappa shape index (κ1) is 11.5. The van der Waals surface area contributed by atoms with Gasteiger partial charge < -0.3 is 10.2 Å². The van der Waals surface area contributed by atoms with E-state index in [1.165, 1.54) is 0 Å². The molecule has 0 aromatic heterocycles. The highest BCUT2D eigenvalue weighted by atomic mass is 16.4. The van der Waals surface area contributed by atoms with Crippen LogP contribution in [0.3, 0.4) is 0 Å². The Labute approximate surface area is 85.1 Å². The van der Waals surface area contributed by atoms with Crippen molar-refractivity contribution in [1.82, 2.24) is 0 Å². The molecular weight excluding hydrogens is 180 g/mol. The third kappa shape index (κ3) is 2.71. The van der Waals surface area contributed by atoms with E-state index >= 15 is 0 Å². The maximum atomic E-state index is 11.0. The van der Waals surface area contributed by atoms with Crippen LogP contribution in [0.2, 0.25) is 0 Å². The minimum absolute atomic E-state index is 0.163. The second-order valence-corrected chi connectivity index (χ2v) is 4.75. The van der Waals surface area contributed by atoms with E-state index < -0.39 is 18.0 Å². The van der Waals surface area contributed by atoms with Crippen molar-refractivity contribution in [1.29, 1.82) is 0 Å². The van der Waals surface area contributed by atoms with Gasteiger partial charge in [0.25, 0.3) is 0 Å². The van der Waals surface area contributed by atoms with Crippen molar-refractivity contribution >= 4 is 5.97 Å². The Morgan fingerprint density at radius 3 is 2.57 bits per heavy atom. The fourth-order valence-electron chi connectivity index (χ4n) is 2.50. The van der Waals surface area contributed by atoms with Crippen molar-refractivity contribution in [2.24, 2.45) is 17.8 Å². The molecule has 1 fully saturated rings. The van der Waals surface area contributed by atoms with Crippen molar-refractivity contribution in [2.75, 3.05) is 0 Å². The summed E-state index contributed by atoms with van der Waals surface area (Å²) in [6, 6.07) is 0. The first-order valence-corrected chi connectivity index (χ1v) is 5.43. The second kappa shape index (κ2) is 4.78. The van der Waals surface area contributed by atoms with Gasteiger partial charge in [-0.3, -0.25) is 4.79 Å². The molecule has 1 aliphatic carbocycles. The summed E-state index contributed by atoms with van der Waals surface area (Å²) >= 11 is 0. The summed E-state index contributed by atoms with van der Waals surface area (Å²) in [6.07, 6.45) is 2.83. The summed E-state index contributed by atoms with van der Waals surface area (Å²) in [4.78, 5) is 11.0. The predicted octanol–water partition coefficient (Wildman–Crippen LogP) is 1.89. The van der Waals surface area contributed by atoms with E-state index in [2.05, 4.69) is 13.8 Å². The van der Waals surface area contributed by atoms with Crippen LogP contribution < -0.4 is 0 Å². The Kier molecular flexibility index (Phi) is 3.93. The smallest absolute Gasteiger partial charge is 0.309 e. The molecule has 1 aliphatic rings. The summed E-state index contributed by atoms with van der Waals surface area (Å²) in [5.41, 5.74) is 0. The molecule has 3 heteroatoms. The van der Waals surface area contributed by atoms with E-state index in [1.54, 1.807) is 0 Å². The van der Waals surface area contributed by atoms with Crippen LogP contribution in [-0.2, 0) is 4.79 Å². The molecule has 3 nitrogen and oxygen atoms in total. The molecule has 0 aromatic carbocycles. The minimum atomic E-state index is -0.831. The van der Waals surface area contributed by atoms with Gasteiger partial charge in [-0.05, 0) is 31.1 Å². The number of hydrogen-bond donors (Lipinski definition) is 2. The Balaban J connectivity index is 2.64. The van der Waals surface area contributed by atoms with E-state index in [0.29, 0.717) is 12.3 Å². The fourth-order valence-corrected chi connectivity index (χ4v) is 2.50. The lowest BCUT2D eigenvalue weighted by Crippen LogP contribution is -2.38. The summed E-state index contributed by atoms with van der Waals surface area (Å²) in [5.74, 6) is -0.697. The third-order valence-electron chi connectivity index (χ3n) is 3.06. The number of aliphatic carboxylic acids is 1. The van der Waals surface area contributed by atoms with Gasteiger partial charge in [0, 0.05) is 0 Å². The molecular formula is C11H20O3. The van der Waals surface area contributed by atoms with Crippen molar-refractivity contribution < 1.29 is 15.0 Å². The Bertz CT molecular complexity index is 201. The molecule has 3 unspecified atom stereocenters. The number of aliphatic hydroxyl groups excluding tert-OH is 1. The number of rotatable bonds is 3.